The monoisotopic (exact) mass is 279 g/mol. The molecule has 102 valence electrons. The van der Waals surface area contributed by atoms with E-state index < -0.39 is 23.1 Å². The maximum Gasteiger partial charge on any atom is 0.307 e. The van der Waals surface area contributed by atoms with Gasteiger partial charge in [-0.25, -0.2) is 8.78 Å². The summed E-state index contributed by atoms with van der Waals surface area (Å²) in [4.78, 5) is 11.3. The van der Waals surface area contributed by atoms with E-state index in [1.807, 2.05) is 0 Å². The maximum atomic E-state index is 13.5. The Morgan fingerprint density at radius 2 is 2.06 bits per heavy atom. The fourth-order valence-corrected chi connectivity index (χ4v) is 1.56. The number of ether oxygens (including phenoxy) is 1. The van der Waals surface area contributed by atoms with Crippen molar-refractivity contribution in [2.24, 2.45) is 5.73 Å². The molecule has 0 radical (unpaired) electrons. The van der Waals surface area contributed by atoms with E-state index in [4.69, 9.17) is 10.5 Å². The van der Waals surface area contributed by atoms with Crippen molar-refractivity contribution in [1.29, 1.82) is 0 Å². The number of hydrogen-bond donors (Lipinski definition) is 1. The third-order valence-corrected chi connectivity index (χ3v) is 2.36. The van der Waals surface area contributed by atoms with Crippen molar-refractivity contribution in [3.05, 3.63) is 35.4 Å². The molecule has 3 nitrogen and oxygen atoms in total. The van der Waals surface area contributed by atoms with Gasteiger partial charge in [0.2, 0.25) is 0 Å². The molecule has 0 spiro atoms. The summed E-state index contributed by atoms with van der Waals surface area (Å²) in [5.41, 5.74) is 4.73. The Morgan fingerprint density at radius 3 is 2.56 bits per heavy atom. The number of carbonyl (C=O) groups is 1. The van der Waals surface area contributed by atoms with Crippen molar-refractivity contribution in [1.82, 2.24) is 0 Å². The molecule has 6 heteroatoms. The van der Waals surface area contributed by atoms with Crippen LogP contribution in [0.15, 0.2) is 18.2 Å². The minimum Gasteiger partial charge on any atom is -0.466 e. The Hall–Kier alpha value is -1.20. The summed E-state index contributed by atoms with van der Waals surface area (Å²) in [6.07, 6.45) is -0.163. The summed E-state index contributed by atoms with van der Waals surface area (Å²) in [6.45, 7) is 3.41. The van der Waals surface area contributed by atoms with Crippen LogP contribution in [-0.4, -0.2) is 12.6 Å². The van der Waals surface area contributed by atoms with E-state index in [-0.39, 0.29) is 31.0 Å². The Labute approximate surface area is 111 Å². The molecule has 0 aliphatic carbocycles. The zero-order chi connectivity index (χ0) is 13.1. The van der Waals surface area contributed by atoms with E-state index in [2.05, 4.69) is 0 Å². The molecule has 0 amide bonds. The Bertz CT molecular complexity index is 425. The first kappa shape index (κ1) is 16.8. The van der Waals surface area contributed by atoms with E-state index in [0.717, 1.165) is 12.1 Å². The minimum atomic E-state index is -1.22. The van der Waals surface area contributed by atoms with Crippen molar-refractivity contribution in [2.75, 3.05) is 6.61 Å². The minimum absolute atomic E-state index is 0. The Kier molecular flexibility index (Phi) is 6.21. The second-order valence-corrected chi connectivity index (χ2v) is 4.02. The number of benzene rings is 1. The number of esters is 1. The normalized spacial score (nSPS) is 13.4. The van der Waals surface area contributed by atoms with Crippen LogP contribution in [0.25, 0.3) is 0 Å². The highest BCUT2D eigenvalue weighted by Crippen LogP contribution is 2.25. The fraction of sp³-hybridized carbons (Fsp3) is 0.417. The van der Waals surface area contributed by atoms with Gasteiger partial charge in [0, 0.05) is 11.6 Å². The van der Waals surface area contributed by atoms with Crippen molar-refractivity contribution < 1.29 is 18.3 Å². The molecule has 0 heterocycles. The molecule has 1 atom stereocenters. The Balaban J connectivity index is 0.00000289. The molecule has 0 fully saturated rings. The summed E-state index contributed by atoms with van der Waals surface area (Å²) in [7, 11) is 0. The summed E-state index contributed by atoms with van der Waals surface area (Å²) in [6, 6.07) is 3.09. The quantitative estimate of drug-likeness (QED) is 0.862. The summed E-state index contributed by atoms with van der Waals surface area (Å²) >= 11 is 0. The second kappa shape index (κ2) is 6.66. The third-order valence-electron chi connectivity index (χ3n) is 2.36. The predicted octanol–water partition coefficient (Wildman–Crippen LogP) is 2.51. The van der Waals surface area contributed by atoms with E-state index in [9.17, 15) is 13.6 Å². The van der Waals surface area contributed by atoms with Crippen LogP contribution < -0.4 is 5.73 Å². The lowest BCUT2D eigenvalue weighted by Crippen LogP contribution is -2.37. The van der Waals surface area contributed by atoms with Gasteiger partial charge in [0.05, 0.1) is 18.6 Å². The lowest BCUT2D eigenvalue weighted by molar-refractivity contribution is -0.144. The van der Waals surface area contributed by atoms with E-state index >= 15 is 0 Å². The van der Waals surface area contributed by atoms with Gasteiger partial charge >= 0.3 is 5.97 Å². The SMILES string of the molecule is CCOC(=O)CC(C)(N)c1ccc(F)cc1F.Cl. The van der Waals surface area contributed by atoms with Gasteiger partial charge in [-0.05, 0) is 19.9 Å². The van der Waals surface area contributed by atoms with Crippen LogP contribution in [0, 0.1) is 11.6 Å². The first-order valence-electron chi connectivity index (χ1n) is 5.27. The summed E-state index contributed by atoms with van der Waals surface area (Å²) < 4.78 is 31.0. The maximum absolute atomic E-state index is 13.5. The average molecular weight is 280 g/mol. The fourth-order valence-electron chi connectivity index (χ4n) is 1.56. The molecule has 18 heavy (non-hydrogen) atoms. The van der Waals surface area contributed by atoms with Crippen molar-refractivity contribution in [2.45, 2.75) is 25.8 Å². The molecule has 1 rings (SSSR count). The molecule has 0 saturated carbocycles. The molecule has 1 aromatic carbocycles. The lowest BCUT2D eigenvalue weighted by Gasteiger charge is -2.24. The molecule has 0 aliphatic rings. The van der Waals surface area contributed by atoms with Crippen LogP contribution in [0.4, 0.5) is 8.78 Å². The number of carbonyl (C=O) groups excluding carboxylic acids is 1. The van der Waals surface area contributed by atoms with Gasteiger partial charge in [-0.2, -0.15) is 0 Å². The van der Waals surface area contributed by atoms with Gasteiger partial charge in [0.15, 0.2) is 0 Å². The molecule has 2 N–H and O–H groups in total. The van der Waals surface area contributed by atoms with Gasteiger partial charge in [-0.15, -0.1) is 12.4 Å². The standard InChI is InChI=1S/C12H15F2NO2.ClH/c1-3-17-11(16)7-12(2,15)9-5-4-8(13)6-10(9)14;/h4-6H,3,7,15H2,1-2H3;1H. The summed E-state index contributed by atoms with van der Waals surface area (Å²) in [5.74, 6) is -1.96. The topological polar surface area (TPSA) is 52.3 Å². The zero-order valence-corrected chi connectivity index (χ0v) is 11.0. The smallest absolute Gasteiger partial charge is 0.307 e. The average Bonchev–Trinajstić information content (AvgIpc) is 2.15. The van der Waals surface area contributed by atoms with Gasteiger partial charge < -0.3 is 10.5 Å². The van der Waals surface area contributed by atoms with Crippen LogP contribution in [0.3, 0.4) is 0 Å². The van der Waals surface area contributed by atoms with Crippen LogP contribution in [0.2, 0.25) is 0 Å². The van der Waals surface area contributed by atoms with Crippen molar-refractivity contribution in [3.63, 3.8) is 0 Å². The highest BCUT2D eigenvalue weighted by molar-refractivity contribution is 5.85. The zero-order valence-electron chi connectivity index (χ0n) is 10.2. The van der Waals surface area contributed by atoms with Crippen LogP contribution >= 0.6 is 12.4 Å². The van der Waals surface area contributed by atoms with Crippen LogP contribution in [0.1, 0.15) is 25.8 Å². The van der Waals surface area contributed by atoms with Gasteiger partial charge in [0.1, 0.15) is 11.6 Å². The van der Waals surface area contributed by atoms with Crippen molar-refractivity contribution in [3.8, 4) is 0 Å². The first-order chi connectivity index (χ1) is 7.86. The van der Waals surface area contributed by atoms with Gasteiger partial charge in [0.25, 0.3) is 0 Å². The number of nitrogens with two attached hydrogens (primary N) is 1. The van der Waals surface area contributed by atoms with Crippen molar-refractivity contribution >= 4 is 18.4 Å². The second-order valence-electron chi connectivity index (χ2n) is 4.02. The summed E-state index contributed by atoms with van der Waals surface area (Å²) in [5, 5.41) is 0. The molecular weight excluding hydrogens is 264 g/mol. The largest absolute Gasteiger partial charge is 0.466 e. The number of halogens is 3. The first-order valence-corrected chi connectivity index (χ1v) is 5.27. The van der Waals surface area contributed by atoms with Crippen LogP contribution in [-0.2, 0) is 15.1 Å². The molecule has 0 bridgehead atoms. The highest BCUT2D eigenvalue weighted by Gasteiger charge is 2.28. The molecule has 1 unspecified atom stereocenters. The lowest BCUT2D eigenvalue weighted by atomic mass is 9.89. The molecule has 0 saturated heterocycles. The molecule has 0 aliphatic heterocycles. The number of rotatable bonds is 4. The number of hydrogen-bond acceptors (Lipinski definition) is 3. The van der Waals surface area contributed by atoms with E-state index in [0.29, 0.717) is 0 Å². The Morgan fingerprint density at radius 1 is 1.44 bits per heavy atom. The predicted molar refractivity (Wildman–Crippen MR) is 66.4 cm³/mol. The van der Waals surface area contributed by atoms with Crippen LogP contribution in [0.5, 0.6) is 0 Å². The molecule has 1 aromatic rings. The molecule has 0 aromatic heterocycles. The third kappa shape index (κ3) is 4.23. The van der Waals surface area contributed by atoms with E-state index in [1.165, 1.54) is 13.0 Å². The van der Waals surface area contributed by atoms with E-state index in [1.54, 1.807) is 6.92 Å². The molecular formula is C12H16ClF2NO2. The van der Waals surface area contributed by atoms with Gasteiger partial charge in [-0.1, -0.05) is 6.07 Å². The van der Waals surface area contributed by atoms with Gasteiger partial charge in [-0.3, -0.25) is 4.79 Å². The highest BCUT2D eigenvalue weighted by atomic mass is 35.5.